The zero-order chi connectivity index (χ0) is 27.9. The fourth-order valence-corrected chi connectivity index (χ4v) is 4.80. The maximum Gasteiger partial charge on any atom is 0.328 e. The summed E-state index contributed by atoms with van der Waals surface area (Å²) in [5.41, 5.74) is 2.48. The number of amides is 3. The van der Waals surface area contributed by atoms with Crippen LogP contribution in [0.1, 0.15) is 53.4 Å². The van der Waals surface area contributed by atoms with Crippen LogP contribution in [0.3, 0.4) is 0 Å². The van der Waals surface area contributed by atoms with Crippen LogP contribution in [-0.4, -0.2) is 79.2 Å². The van der Waals surface area contributed by atoms with Crippen LogP contribution in [0.25, 0.3) is 0 Å². The van der Waals surface area contributed by atoms with Crippen molar-refractivity contribution in [2.75, 3.05) is 49.4 Å². The third-order valence-electron chi connectivity index (χ3n) is 6.70. The van der Waals surface area contributed by atoms with Crippen molar-refractivity contribution in [3.63, 3.8) is 0 Å². The van der Waals surface area contributed by atoms with E-state index in [1.54, 1.807) is 25.1 Å². The number of pyridine rings is 2. The van der Waals surface area contributed by atoms with Crippen molar-refractivity contribution in [1.82, 2.24) is 14.9 Å². The van der Waals surface area contributed by atoms with Gasteiger partial charge in [-0.15, -0.1) is 0 Å². The summed E-state index contributed by atoms with van der Waals surface area (Å²) in [6.45, 7) is 3.54. The second-order valence-corrected chi connectivity index (χ2v) is 9.74. The lowest BCUT2D eigenvalue weighted by Gasteiger charge is -2.30. The number of aldehydes is 1. The Bertz CT molecular complexity index is 1270. The van der Waals surface area contributed by atoms with Crippen molar-refractivity contribution < 1.29 is 23.9 Å². The minimum absolute atomic E-state index is 0.0674. The predicted octanol–water partition coefficient (Wildman–Crippen LogP) is 2.73. The molecule has 39 heavy (non-hydrogen) atoms. The molecule has 2 aliphatic heterocycles. The van der Waals surface area contributed by atoms with E-state index in [1.807, 2.05) is 13.0 Å². The first-order chi connectivity index (χ1) is 18.8. The fraction of sp³-hybridized carbons (Fsp3) is 0.481. The lowest BCUT2D eigenvalue weighted by Crippen LogP contribution is -2.40. The molecule has 0 spiro atoms. The van der Waals surface area contributed by atoms with Gasteiger partial charge in [0.1, 0.15) is 29.5 Å². The quantitative estimate of drug-likeness (QED) is 0.462. The summed E-state index contributed by atoms with van der Waals surface area (Å²) in [7, 11) is 3.27. The van der Waals surface area contributed by atoms with E-state index < -0.39 is 12.1 Å². The Hall–Kier alpha value is -4.08. The molecule has 3 amide bonds. The number of nitrogens with zero attached hydrogens (tertiary/aromatic N) is 5. The SMILES string of the molecule is COC[C@H](C)Nc1cc(NC(=O)N2CCCc3cc(CN(C)C(=O)[C@H]4CCCO4)c(C=O)nc32)ncc1C#N. The van der Waals surface area contributed by atoms with E-state index in [2.05, 4.69) is 26.7 Å². The Morgan fingerprint density at radius 3 is 2.90 bits per heavy atom. The molecule has 1 fully saturated rings. The van der Waals surface area contributed by atoms with Gasteiger partial charge in [0.25, 0.3) is 5.91 Å². The van der Waals surface area contributed by atoms with Crippen LogP contribution < -0.4 is 15.5 Å². The molecule has 4 heterocycles. The summed E-state index contributed by atoms with van der Waals surface area (Å²) in [6, 6.07) is 5.02. The van der Waals surface area contributed by atoms with Gasteiger partial charge in [0.05, 0.1) is 17.9 Å². The topological polar surface area (TPSA) is 150 Å². The van der Waals surface area contributed by atoms with Gasteiger partial charge in [0.15, 0.2) is 6.29 Å². The molecule has 2 N–H and O–H groups in total. The zero-order valence-electron chi connectivity index (χ0n) is 22.4. The molecule has 12 nitrogen and oxygen atoms in total. The van der Waals surface area contributed by atoms with Gasteiger partial charge in [-0.3, -0.25) is 19.8 Å². The normalized spacial score (nSPS) is 17.1. The highest BCUT2D eigenvalue weighted by molar-refractivity contribution is 6.02. The number of aromatic nitrogens is 2. The molecular weight excluding hydrogens is 502 g/mol. The third-order valence-corrected chi connectivity index (χ3v) is 6.70. The van der Waals surface area contributed by atoms with Crippen LogP contribution >= 0.6 is 0 Å². The van der Waals surface area contributed by atoms with Crippen molar-refractivity contribution in [2.24, 2.45) is 0 Å². The molecule has 0 unspecified atom stereocenters. The van der Waals surface area contributed by atoms with Gasteiger partial charge in [-0.2, -0.15) is 5.26 Å². The summed E-state index contributed by atoms with van der Waals surface area (Å²) < 4.78 is 10.6. The molecule has 2 aromatic rings. The van der Waals surface area contributed by atoms with Crippen molar-refractivity contribution >= 4 is 35.5 Å². The van der Waals surface area contributed by atoms with Crippen molar-refractivity contribution in [1.29, 1.82) is 5.26 Å². The van der Waals surface area contributed by atoms with E-state index in [1.165, 1.54) is 11.1 Å². The molecule has 0 aromatic carbocycles. The average Bonchev–Trinajstić information content (AvgIpc) is 3.47. The minimum atomic E-state index is -0.452. The standard InChI is InChI=1S/C27H33N7O5/c1-17(16-38-3)30-21-11-24(29-13-20(21)12-28)32-27(37)34-8-4-6-18-10-19(22(15-35)31-25(18)34)14-33(2)26(36)23-7-5-9-39-23/h10-11,13,15,17,23H,4-9,14,16H2,1-3H3,(H2,29,30,32,37)/t17-,23+/m0/s1. The number of urea groups is 1. The first-order valence-corrected chi connectivity index (χ1v) is 12.9. The molecule has 0 bridgehead atoms. The van der Waals surface area contributed by atoms with Crippen LogP contribution in [0.15, 0.2) is 18.3 Å². The first-order valence-electron chi connectivity index (χ1n) is 12.9. The Morgan fingerprint density at radius 2 is 2.21 bits per heavy atom. The number of hydrogen-bond donors (Lipinski definition) is 2. The van der Waals surface area contributed by atoms with Gasteiger partial charge in [0, 0.05) is 57.7 Å². The van der Waals surface area contributed by atoms with Gasteiger partial charge in [-0.25, -0.2) is 14.8 Å². The summed E-state index contributed by atoms with van der Waals surface area (Å²) >= 11 is 0. The molecule has 2 aliphatic rings. The van der Waals surface area contributed by atoms with E-state index in [4.69, 9.17) is 9.47 Å². The molecule has 2 atom stereocenters. The van der Waals surface area contributed by atoms with Crippen molar-refractivity contribution in [3.8, 4) is 6.07 Å². The van der Waals surface area contributed by atoms with Gasteiger partial charge in [-0.05, 0) is 44.2 Å². The van der Waals surface area contributed by atoms with Crippen LogP contribution in [0.4, 0.5) is 22.1 Å². The van der Waals surface area contributed by atoms with Gasteiger partial charge in [0.2, 0.25) is 0 Å². The Balaban J connectivity index is 1.52. The average molecular weight is 536 g/mol. The summed E-state index contributed by atoms with van der Waals surface area (Å²) in [4.78, 5) is 49.7. The summed E-state index contributed by atoms with van der Waals surface area (Å²) in [5.74, 6) is 0.543. The highest BCUT2D eigenvalue weighted by atomic mass is 16.5. The van der Waals surface area contributed by atoms with E-state index in [-0.39, 0.29) is 30.0 Å². The number of carbonyl (C=O) groups excluding carboxylic acids is 3. The van der Waals surface area contributed by atoms with Crippen molar-refractivity contribution in [2.45, 2.75) is 51.3 Å². The maximum absolute atomic E-state index is 13.3. The van der Waals surface area contributed by atoms with Crippen LogP contribution in [-0.2, 0) is 27.2 Å². The molecule has 0 saturated carbocycles. The van der Waals surface area contributed by atoms with E-state index in [0.717, 1.165) is 12.0 Å². The molecule has 206 valence electrons. The van der Waals surface area contributed by atoms with Crippen LogP contribution in [0.5, 0.6) is 0 Å². The number of aryl methyl sites for hydroxylation is 1. The molecule has 0 radical (unpaired) electrons. The lowest BCUT2D eigenvalue weighted by atomic mass is 10.0. The van der Waals surface area contributed by atoms with Gasteiger partial charge in [-0.1, -0.05) is 0 Å². The highest BCUT2D eigenvalue weighted by Gasteiger charge is 2.29. The molecule has 4 rings (SSSR count). The van der Waals surface area contributed by atoms with Crippen LogP contribution in [0, 0.1) is 11.3 Å². The lowest BCUT2D eigenvalue weighted by molar-refractivity contribution is -0.140. The number of likely N-dealkylation sites (N-methyl/N-ethyl adjacent to an activating group) is 1. The molecule has 0 aliphatic carbocycles. The largest absolute Gasteiger partial charge is 0.383 e. The van der Waals surface area contributed by atoms with E-state index in [9.17, 15) is 19.6 Å². The minimum Gasteiger partial charge on any atom is -0.383 e. The number of rotatable bonds is 9. The highest BCUT2D eigenvalue weighted by Crippen LogP contribution is 2.29. The number of fused-ring (bicyclic) bond motifs is 1. The molecule has 12 heteroatoms. The van der Waals surface area contributed by atoms with Crippen molar-refractivity contribution in [3.05, 3.63) is 40.7 Å². The number of anilines is 3. The number of nitriles is 1. The Labute approximate surface area is 227 Å². The number of ether oxygens (including phenoxy) is 2. The molecule has 1 saturated heterocycles. The number of nitrogens with one attached hydrogen (secondary N) is 2. The molecular formula is C27H33N7O5. The van der Waals surface area contributed by atoms with Gasteiger partial charge >= 0.3 is 6.03 Å². The van der Waals surface area contributed by atoms with E-state index >= 15 is 0 Å². The Kier molecular flexibility index (Phi) is 9.06. The zero-order valence-corrected chi connectivity index (χ0v) is 22.4. The van der Waals surface area contributed by atoms with E-state index in [0.29, 0.717) is 67.9 Å². The Morgan fingerprint density at radius 1 is 1.38 bits per heavy atom. The molecule has 2 aromatic heterocycles. The van der Waals surface area contributed by atoms with Crippen LogP contribution in [0.2, 0.25) is 0 Å². The third kappa shape index (κ3) is 6.50. The maximum atomic E-state index is 13.3. The number of carbonyl (C=O) groups is 3. The predicted molar refractivity (Wildman–Crippen MR) is 144 cm³/mol. The summed E-state index contributed by atoms with van der Waals surface area (Å²) in [5, 5.41) is 15.4. The fourth-order valence-electron chi connectivity index (χ4n) is 4.80. The van der Waals surface area contributed by atoms with Gasteiger partial charge < -0.3 is 19.7 Å². The second kappa shape index (κ2) is 12.6. The monoisotopic (exact) mass is 535 g/mol. The second-order valence-electron chi connectivity index (χ2n) is 9.74. The first kappa shape index (κ1) is 27.9. The summed E-state index contributed by atoms with van der Waals surface area (Å²) in [6.07, 6.45) is 4.52. The number of methoxy groups -OCH3 is 1. The number of hydrogen-bond acceptors (Lipinski definition) is 9. The smallest absolute Gasteiger partial charge is 0.328 e.